The van der Waals surface area contributed by atoms with Gasteiger partial charge >= 0.3 is 0 Å². The minimum absolute atomic E-state index is 0.443. The largest absolute Gasteiger partial charge is 0.345 e. The lowest BCUT2D eigenvalue weighted by Crippen LogP contribution is -1.85. The van der Waals surface area contributed by atoms with E-state index in [0.717, 1.165) is 15.9 Å². The van der Waals surface area contributed by atoms with Crippen LogP contribution in [0.5, 0.6) is 0 Å². The predicted molar refractivity (Wildman–Crippen MR) is 54.5 cm³/mol. The van der Waals surface area contributed by atoms with Gasteiger partial charge in [0.25, 0.3) is 0 Å². The zero-order chi connectivity index (χ0) is 9.26. The molecule has 3 nitrogen and oxygen atoms in total. The van der Waals surface area contributed by atoms with Crippen LogP contribution in [-0.4, -0.2) is 15.0 Å². The third-order valence-electron chi connectivity index (χ3n) is 1.56. The van der Waals surface area contributed by atoms with Gasteiger partial charge in [-0.2, -0.15) is 0 Å². The van der Waals surface area contributed by atoms with E-state index in [9.17, 15) is 0 Å². The molecule has 13 heavy (non-hydrogen) atoms. The highest BCUT2D eigenvalue weighted by molar-refractivity contribution is 9.10. The number of hydrogen-bond donors (Lipinski definition) is 1. The lowest BCUT2D eigenvalue weighted by Gasteiger charge is -1.99. The van der Waals surface area contributed by atoms with Crippen molar-refractivity contribution in [3.8, 4) is 11.4 Å². The molecule has 0 spiro atoms. The van der Waals surface area contributed by atoms with Crippen molar-refractivity contribution >= 4 is 27.5 Å². The van der Waals surface area contributed by atoms with Gasteiger partial charge in [-0.15, -0.1) is 0 Å². The fourth-order valence-corrected chi connectivity index (χ4v) is 1.53. The van der Waals surface area contributed by atoms with Crippen LogP contribution >= 0.6 is 27.5 Å². The SMILES string of the molecule is Clc1ncc(Br)cc1-c1ncc[nH]1. The molecular weight excluding hydrogens is 253 g/mol. The number of nitrogens with zero attached hydrogens (tertiary/aromatic N) is 2. The van der Waals surface area contributed by atoms with Gasteiger partial charge in [-0.05, 0) is 22.0 Å². The lowest BCUT2D eigenvalue weighted by atomic mass is 10.3. The molecule has 0 radical (unpaired) electrons. The maximum absolute atomic E-state index is 5.90. The third kappa shape index (κ3) is 1.73. The maximum Gasteiger partial charge on any atom is 0.140 e. The van der Waals surface area contributed by atoms with Gasteiger partial charge in [-0.3, -0.25) is 0 Å². The molecule has 0 atom stereocenters. The molecule has 0 amide bonds. The predicted octanol–water partition coefficient (Wildman–Crippen LogP) is 2.89. The van der Waals surface area contributed by atoms with E-state index in [1.165, 1.54) is 0 Å². The minimum atomic E-state index is 0.443. The van der Waals surface area contributed by atoms with Crippen LogP contribution in [0, 0.1) is 0 Å². The summed E-state index contributed by atoms with van der Waals surface area (Å²) in [4.78, 5) is 11.0. The van der Waals surface area contributed by atoms with Crippen molar-refractivity contribution < 1.29 is 0 Å². The number of pyridine rings is 1. The van der Waals surface area contributed by atoms with Crippen molar-refractivity contribution in [3.05, 3.63) is 34.3 Å². The summed E-state index contributed by atoms with van der Waals surface area (Å²) in [5, 5.41) is 0.443. The molecule has 66 valence electrons. The monoisotopic (exact) mass is 257 g/mol. The normalized spacial score (nSPS) is 10.3. The van der Waals surface area contributed by atoms with Gasteiger partial charge in [-0.1, -0.05) is 11.6 Å². The first-order chi connectivity index (χ1) is 6.27. The fourth-order valence-electron chi connectivity index (χ4n) is 1.00. The van der Waals surface area contributed by atoms with E-state index in [1.54, 1.807) is 18.6 Å². The second-order valence-corrected chi connectivity index (χ2v) is 3.70. The van der Waals surface area contributed by atoms with E-state index in [1.807, 2.05) is 6.07 Å². The summed E-state index contributed by atoms with van der Waals surface area (Å²) >= 11 is 9.21. The smallest absolute Gasteiger partial charge is 0.140 e. The zero-order valence-corrected chi connectivity index (χ0v) is 8.80. The molecule has 2 aromatic heterocycles. The van der Waals surface area contributed by atoms with Crippen LogP contribution in [0.15, 0.2) is 29.1 Å². The quantitative estimate of drug-likeness (QED) is 0.799. The van der Waals surface area contributed by atoms with E-state index < -0.39 is 0 Å². The highest BCUT2D eigenvalue weighted by Crippen LogP contribution is 2.25. The number of aromatic amines is 1. The number of nitrogens with one attached hydrogen (secondary N) is 1. The highest BCUT2D eigenvalue weighted by atomic mass is 79.9. The highest BCUT2D eigenvalue weighted by Gasteiger charge is 2.06. The molecule has 0 saturated carbocycles. The molecular formula is C8H5BrClN3. The summed E-state index contributed by atoms with van der Waals surface area (Å²) in [6, 6.07) is 1.87. The molecule has 0 bridgehead atoms. The first-order valence-electron chi connectivity index (χ1n) is 3.58. The first kappa shape index (κ1) is 8.72. The Balaban J connectivity index is 2.57. The zero-order valence-electron chi connectivity index (χ0n) is 6.46. The van der Waals surface area contributed by atoms with E-state index in [-0.39, 0.29) is 0 Å². The standard InChI is InChI=1S/C8H5BrClN3/c9-5-3-6(7(10)13-4-5)8-11-1-2-12-8/h1-4H,(H,11,12). The molecule has 1 N–H and O–H groups in total. The molecule has 2 heterocycles. The molecule has 5 heteroatoms. The summed E-state index contributed by atoms with van der Waals surface area (Å²) in [6.07, 6.45) is 5.06. The third-order valence-corrected chi connectivity index (χ3v) is 2.29. The molecule has 0 aliphatic heterocycles. The van der Waals surface area contributed by atoms with Crippen LogP contribution in [0.4, 0.5) is 0 Å². The molecule has 0 unspecified atom stereocenters. The number of imidazole rings is 1. The van der Waals surface area contributed by atoms with Crippen molar-refractivity contribution in [1.82, 2.24) is 15.0 Å². The Hall–Kier alpha value is -0.870. The Morgan fingerprint density at radius 2 is 2.23 bits per heavy atom. The Bertz CT molecular complexity index is 413. The average molecular weight is 259 g/mol. The first-order valence-corrected chi connectivity index (χ1v) is 4.75. The van der Waals surface area contributed by atoms with Crippen molar-refractivity contribution in [2.75, 3.05) is 0 Å². The number of aromatic nitrogens is 3. The Labute approximate surface area is 88.3 Å². The Morgan fingerprint density at radius 1 is 1.38 bits per heavy atom. The fraction of sp³-hybridized carbons (Fsp3) is 0. The molecule has 0 fully saturated rings. The molecule has 0 saturated heterocycles. The maximum atomic E-state index is 5.90. The van der Waals surface area contributed by atoms with Crippen LogP contribution < -0.4 is 0 Å². The van der Waals surface area contributed by atoms with Crippen LogP contribution in [0.2, 0.25) is 5.15 Å². The molecule has 0 aliphatic rings. The van der Waals surface area contributed by atoms with Gasteiger partial charge < -0.3 is 4.98 Å². The van der Waals surface area contributed by atoms with Gasteiger partial charge in [-0.25, -0.2) is 9.97 Å². The topological polar surface area (TPSA) is 41.6 Å². The van der Waals surface area contributed by atoms with Gasteiger partial charge in [0.15, 0.2) is 0 Å². The molecule has 0 aliphatic carbocycles. The van der Waals surface area contributed by atoms with Gasteiger partial charge in [0.1, 0.15) is 11.0 Å². The average Bonchev–Trinajstić information content (AvgIpc) is 2.61. The van der Waals surface area contributed by atoms with Gasteiger partial charge in [0.05, 0.1) is 5.56 Å². The van der Waals surface area contributed by atoms with Crippen molar-refractivity contribution in [1.29, 1.82) is 0 Å². The number of rotatable bonds is 1. The molecule has 0 aromatic carbocycles. The number of halogens is 2. The van der Waals surface area contributed by atoms with Crippen LogP contribution in [-0.2, 0) is 0 Å². The van der Waals surface area contributed by atoms with Crippen molar-refractivity contribution in [2.45, 2.75) is 0 Å². The van der Waals surface area contributed by atoms with E-state index in [0.29, 0.717) is 5.15 Å². The number of hydrogen-bond acceptors (Lipinski definition) is 2. The lowest BCUT2D eigenvalue weighted by molar-refractivity contribution is 1.25. The summed E-state index contributed by atoms with van der Waals surface area (Å²) in [6.45, 7) is 0. The van der Waals surface area contributed by atoms with Gasteiger partial charge in [0.2, 0.25) is 0 Å². The minimum Gasteiger partial charge on any atom is -0.345 e. The molecule has 2 rings (SSSR count). The second-order valence-electron chi connectivity index (χ2n) is 2.43. The van der Waals surface area contributed by atoms with Crippen LogP contribution in [0.25, 0.3) is 11.4 Å². The number of H-pyrrole nitrogens is 1. The second kappa shape index (κ2) is 3.47. The van der Waals surface area contributed by atoms with E-state index in [2.05, 4.69) is 30.9 Å². The summed E-state index contributed by atoms with van der Waals surface area (Å²) in [5.41, 5.74) is 0.793. The molecule has 2 aromatic rings. The van der Waals surface area contributed by atoms with E-state index >= 15 is 0 Å². The van der Waals surface area contributed by atoms with Gasteiger partial charge in [0, 0.05) is 23.1 Å². The van der Waals surface area contributed by atoms with Crippen LogP contribution in [0.3, 0.4) is 0 Å². The van der Waals surface area contributed by atoms with Crippen molar-refractivity contribution in [2.24, 2.45) is 0 Å². The summed E-state index contributed by atoms with van der Waals surface area (Å²) < 4.78 is 0.878. The van der Waals surface area contributed by atoms with E-state index in [4.69, 9.17) is 11.6 Å². The Kier molecular flexibility index (Phi) is 2.33. The Morgan fingerprint density at radius 3 is 2.92 bits per heavy atom. The summed E-state index contributed by atoms with van der Waals surface area (Å²) in [5.74, 6) is 0.721. The summed E-state index contributed by atoms with van der Waals surface area (Å²) in [7, 11) is 0. The van der Waals surface area contributed by atoms with Crippen molar-refractivity contribution in [3.63, 3.8) is 0 Å². The van der Waals surface area contributed by atoms with Crippen LogP contribution in [0.1, 0.15) is 0 Å².